The zero-order valence-corrected chi connectivity index (χ0v) is 12.5. The minimum absolute atomic E-state index is 0.313. The third-order valence-electron chi connectivity index (χ3n) is 3.20. The minimum atomic E-state index is -0.611. The molecule has 0 amide bonds. The molecule has 2 aromatic rings. The molecule has 0 heterocycles. The van der Waals surface area contributed by atoms with Crippen LogP contribution in [0.2, 0.25) is 5.02 Å². The molecule has 2 rings (SSSR count). The van der Waals surface area contributed by atoms with E-state index in [-0.39, 0.29) is 0 Å². The third-order valence-corrected chi connectivity index (χ3v) is 3.43. The highest BCUT2D eigenvalue weighted by molar-refractivity contribution is 6.30. The van der Waals surface area contributed by atoms with Gasteiger partial charge in [-0.15, -0.1) is 0 Å². The molecular formula is C16H16ClF2NO. The number of hydrogen-bond acceptors (Lipinski definition) is 2. The quantitative estimate of drug-likeness (QED) is 0.887. The van der Waals surface area contributed by atoms with Crippen molar-refractivity contribution in [3.05, 3.63) is 64.2 Å². The first-order valence-corrected chi connectivity index (χ1v) is 6.96. The number of halogens is 3. The van der Waals surface area contributed by atoms with Crippen molar-refractivity contribution in [3.8, 4) is 5.75 Å². The second-order valence-corrected chi connectivity index (χ2v) is 4.98. The molecule has 5 heteroatoms. The lowest BCUT2D eigenvalue weighted by Gasteiger charge is -2.20. The van der Waals surface area contributed by atoms with E-state index in [9.17, 15) is 8.78 Å². The van der Waals surface area contributed by atoms with Crippen molar-refractivity contribution >= 4 is 11.6 Å². The lowest BCUT2D eigenvalue weighted by atomic mass is 9.97. The van der Waals surface area contributed by atoms with Crippen molar-refractivity contribution in [2.24, 2.45) is 0 Å². The molecular weight excluding hydrogens is 296 g/mol. The minimum Gasteiger partial charge on any atom is -0.497 e. The van der Waals surface area contributed by atoms with Crippen molar-refractivity contribution in [1.82, 2.24) is 5.32 Å². The second kappa shape index (κ2) is 6.87. The van der Waals surface area contributed by atoms with Crippen LogP contribution in [-0.2, 0) is 0 Å². The van der Waals surface area contributed by atoms with Crippen LogP contribution in [-0.4, -0.2) is 13.7 Å². The van der Waals surface area contributed by atoms with Crippen LogP contribution in [0.15, 0.2) is 36.4 Å². The van der Waals surface area contributed by atoms with E-state index in [1.807, 2.05) is 6.92 Å². The van der Waals surface area contributed by atoms with Gasteiger partial charge in [0.05, 0.1) is 13.2 Å². The normalized spacial score (nSPS) is 12.2. The Hall–Kier alpha value is -1.65. The fraction of sp³-hybridized carbons (Fsp3) is 0.250. The van der Waals surface area contributed by atoms with Gasteiger partial charge in [-0.3, -0.25) is 0 Å². The number of rotatable bonds is 5. The van der Waals surface area contributed by atoms with E-state index in [1.54, 1.807) is 12.1 Å². The number of nitrogens with one attached hydrogen (secondary N) is 1. The molecule has 0 radical (unpaired) electrons. The summed E-state index contributed by atoms with van der Waals surface area (Å²) in [5, 5.41) is 3.49. The first-order chi connectivity index (χ1) is 10.1. The van der Waals surface area contributed by atoms with Gasteiger partial charge in [0.1, 0.15) is 17.4 Å². The molecule has 2 aromatic carbocycles. The average molecular weight is 312 g/mol. The smallest absolute Gasteiger partial charge is 0.132 e. The predicted molar refractivity (Wildman–Crippen MR) is 79.9 cm³/mol. The fourth-order valence-corrected chi connectivity index (χ4v) is 2.38. The van der Waals surface area contributed by atoms with E-state index < -0.39 is 17.7 Å². The maximum absolute atomic E-state index is 14.3. The van der Waals surface area contributed by atoms with Crippen LogP contribution in [0.3, 0.4) is 0 Å². The van der Waals surface area contributed by atoms with E-state index in [2.05, 4.69) is 5.32 Å². The Kier molecular flexibility index (Phi) is 5.15. The Morgan fingerprint density at radius 1 is 1.10 bits per heavy atom. The standard InChI is InChI=1S/C16H16ClF2NO/c1-3-20-16(13-8-10(17)4-7-14(13)18)12-6-5-11(21-2)9-15(12)19/h4-9,16,20H,3H2,1-2H3. The highest BCUT2D eigenvalue weighted by Gasteiger charge is 2.21. The van der Waals surface area contributed by atoms with Gasteiger partial charge < -0.3 is 10.1 Å². The Balaban J connectivity index is 2.50. The van der Waals surface area contributed by atoms with Crippen LogP contribution in [0.25, 0.3) is 0 Å². The molecule has 0 aliphatic carbocycles. The topological polar surface area (TPSA) is 21.3 Å². The summed E-state index contributed by atoms with van der Waals surface area (Å²) in [4.78, 5) is 0. The molecule has 0 aliphatic heterocycles. The van der Waals surface area contributed by atoms with E-state index in [0.29, 0.717) is 28.4 Å². The molecule has 0 fully saturated rings. The molecule has 0 saturated heterocycles. The highest BCUT2D eigenvalue weighted by atomic mass is 35.5. The third kappa shape index (κ3) is 3.52. The highest BCUT2D eigenvalue weighted by Crippen LogP contribution is 2.30. The molecule has 0 aliphatic rings. The molecule has 1 N–H and O–H groups in total. The first-order valence-electron chi connectivity index (χ1n) is 6.58. The number of benzene rings is 2. The summed E-state index contributed by atoms with van der Waals surface area (Å²) in [5.41, 5.74) is 0.659. The first kappa shape index (κ1) is 15.7. The lowest BCUT2D eigenvalue weighted by molar-refractivity contribution is 0.410. The molecule has 0 aromatic heterocycles. The van der Waals surface area contributed by atoms with Gasteiger partial charge in [0.25, 0.3) is 0 Å². The molecule has 1 unspecified atom stereocenters. The maximum atomic E-state index is 14.3. The van der Waals surface area contributed by atoms with Crippen molar-refractivity contribution in [1.29, 1.82) is 0 Å². The van der Waals surface area contributed by atoms with Crippen molar-refractivity contribution in [2.45, 2.75) is 13.0 Å². The Morgan fingerprint density at radius 3 is 2.48 bits per heavy atom. The van der Waals surface area contributed by atoms with Gasteiger partial charge in [0, 0.05) is 22.2 Å². The van der Waals surface area contributed by atoms with Crippen LogP contribution < -0.4 is 10.1 Å². The van der Waals surface area contributed by atoms with Crippen molar-refractivity contribution in [3.63, 3.8) is 0 Å². The van der Waals surface area contributed by atoms with Gasteiger partial charge in [0.2, 0.25) is 0 Å². The maximum Gasteiger partial charge on any atom is 0.132 e. The molecule has 0 saturated carbocycles. The average Bonchev–Trinajstić information content (AvgIpc) is 2.48. The second-order valence-electron chi connectivity index (χ2n) is 4.54. The van der Waals surface area contributed by atoms with E-state index in [1.165, 1.54) is 31.4 Å². The Morgan fingerprint density at radius 2 is 1.86 bits per heavy atom. The van der Waals surface area contributed by atoms with Crippen LogP contribution in [0.4, 0.5) is 8.78 Å². The Bertz CT molecular complexity index is 634. The summed E-state index contributed by atoms with van der Waals surface area (Å²) < 4.78 is 33.3. The summed E-state index contributed by atoms with van der Waals surface area (Å²) in [5.74, 6) is -0.474. The lowest BCUT2D eigenvalue weighted by Crippen LogP contribution is -2.24. The summed E-state index contributed by atoms with van der Waals surface area (Å²) in [7, 11) is 1.47. The zero-order valence-electron chi connectivity index (χ0n) is 11.8. The van der Waals surface area contributed by atoms with Crippen molar-refractivity contribution in [2.75, 3.05) is 13.7 Å². The van der Waals surface area contributed by atoms with Gasteiger partial charge in [-0.2, -0.15) is 0 Å². The van der Waals surface area contributed by atoms with Gasteiger partial charge in [-0.1, -0.05) is 24.6 Å². The molecule has 112 valence electrons. The summed E-state index contributed by atoms with van der Waals surface area (Å²) in [6, 6.07) is 8.15. The SMILES string of the molecule is CCNC(c1ccc(OC)cc1F)c1cc(Cl)ccc1F. The Labute approximate surface area is 127 Å². The molecule has 21 heavy (non-hydrogen) atoms. The fourth-order valence-electron chi connectivity index (χ4n) is 2.20. The molecule has 0 spiro atoms. The van der Waals surface area contributed by atoms with Gasteiger partial charge >= 0.3 is 0 Å². The van der Waals surface area contributed by atoms with Gasteiger partial charge in [0.15, 0.2) is 0 Å². The van der Waals surface area contributed by atoms with Gasteiger partial charge in [-0.05, 0) is 30.8 Å². The van der Waals surface area contributed by atoms with E-state index in [0.717, 1.165) is 0 Å². The van der Waals surface area contributed by atoms with Crippen LogP contribution in [0, 0.1) is 11.6 Å². The summed E-state index contributed by atoms with van der Waals surface area (Å²) in [6.07, 6.45) is 0. The predicted octanol–water partition coefficient (Wildman–Crippen LogP) is 4.33. The van der Waals surface area contributed by atoms with Crippen LogP contribution in [0.1, 0.15) is 24.1 Å². The zero-order chi connectivity index (χ0) is 15.4. The summed E-state index contributed by atoms with van der Waals surface area (Å²) in [6.45, 7) is 2.43. The van der Waals surface area contributed by atoms with Gasteiger partial charge in [-0.25, -0.2) is 8.78 Å². The summed E-state index contributed by atoms with van der Waals surface area (Å²) >= 11 is 5.93. The molecule has 0 bridgehead atoms. The van der Waals surface area contributed by atoms with Crippen LogP contribution >= 0.6 is 11.6 Å². The number of ether oxygens (including phenoxy) is 1. The van der Waals surface area contributed by atoms with Crippen molar-refractivity contribution < 1.29 is 13.5 Å². The van der Waals surface area contributed by atoms with E-state index in [4.69, 9.17) is 16.3 Å². The van der Waals surface area contributed by atoms with Crippen LogP contribution in [0.5, 0.6) is 5.75 Å². The molecule has 1 atom stereocenters. The number of methoxy groups -OCH3 is 1. The molecule has 2 nitrogen and oxygen atoms in total. The number of hydrogen-bond donors (Lipinski definition) is 1. The van der Waals surface area contributed by atoms with E-state index >= 15 is 0 Å². The monoisotopic (exact) mass is 311 g/mol. The largest absolute Gasteiger partial charge is 0.497 e.